The Bertz CT molecular complexity index is 690. The molecule has 0 aromatic heterocycles. The molecule has 0 aliphatic carbocycles. The number of likely N-dealkylation sites (N-methyl/N-ethyl adjacent to an activating group) is 1. The maximum absolute atomic E-state index is 12.3. The first-order valence-electron chi connectivity index (χ1n) is 7.82. The van der Waals surface area contributed by atoms with Gasteiger partial charge in [-0.15, -0.1) is 12.4 Å². The molecular weight excluding hydrogens is 338 g/mol. The fourth-order valence-corrected chi connectivity index (χ4v) is 2.34. The van der Waals surface area contributed by atoms with Crippen molar-refractivity contribution < 1.29 is 9.59 Å². The van der Waals surface area contributed by atoms with E-state index in [0.717, 1.165) is 5.56 Å². The van der Waals surface area contributed by atoms with E-state index in [-0.39, 0.29) is 30.8 Å². The van der Waals surface area contributed by atoms with Crippen LogP contribution in [-0.4, -0.2) is 30.3 Å². The van der Waals surface area contributed by atoms with E-state index in [4.69, 9.17) is 5.73 Å². The van der Waals surface area contributed by atoms with Gasteiger partial charge in [-0.3, -0.25) is 9.59 Å². The third kappa shape index (κ3) is 5.59. The Hall–Kier alpha value is -2.37. The molecule has 0 saturated carbocycles. The molecule has 25 heavy (non-hydrogen) atoms. The lowest BCUT2D eigenvalue weighted by Gasteiger charge is -2.25. The molecule has 0 saturated heterocycles. The zero-order chi connectivity index (χ0) is 17.6. The number of carbonyl (C=O) groups excluding carboxylic acids is 2. The van der Waals surface area contributed by atoms with Gasteiger partial charge in [0, 0.05) is 13.6 Å². The highest BCUT2D eigenvalue weighted by atomic mass is 35.5. The van der Waals surface area contributed by atoms with Gasteiger partial charge in [-0.2, -0.15) is 0 Å². The third-order valence-electron chi connectivity index (χ3n) is 3.93. The number of carbonyl (C=O) groups is 2. The van der Waals surface area contributed by atoms with E-state index in [2.05, 4.69) is 5.32 Å². The number of hydrogen-bond donors (Lipinski definition) is 2. The molecule has 0 fully saturated rings. The first-order valence-corrected chi connectivity index (χ1v) is 7.82. The van der Waals surface area contributed by atoms with Crippen molar-refractivity contribution >= 4 is 24.2 Å². The van der Waals surface area contributed by atoms with Gasteiger partial charge in [-0.25, -0.2) is 0 Å². The van der Waals surface area contributed by atoms with Crippen molar-refractivity contribution in [1.82, 2.24) is 10.2 Å². The second-order valence-corrected chi connectivity index (χ2v) is 5.99. The molecule has 2 aromatic rings. The molecule has 6 heteroatoms. The predicted molar refractivity (Wildman–Crippen MR) is 101 cm³/mol. The van der Waals surface area contributed by atoms with Crippen molar-refractivity contribution in [2.75, 3.05) is 13.6 Å². The maximum Gasteiger partial charge on any atom is 0.244 e. The highest BCUT2D eigenvalue weighted by Crippen LogP contribution is 2.17. The van der Waals surface area contributed by atoms with Crippen molar-refractivity contribution in [2.24, 2.45) is 5.73 Å². The predicted octanol–water partition coefficient (Wildman–Crippen LogP) is 2.06. The van der Waals surface area contributed by atoms with Gasteiger partial charge in [-0.05, 0) is 18.1 Å². The monoisotopic (exact) mass is 361 g/mol. The van der Waals surface area contributed by atoms with Crippen LogP contribution in [0.15, 0.2) is 60.7 Å². The topological polar surface area (TPSA) is 75.4 Å². The van der Waals surface area contributed by atoms with Crippen LogP contribution in [0.5, 0.6) is 0 Å². The summed E-state index contributed by atoms with van der Waals surface area (Å²) in [5.41, 5.74) is 6.69. The number of amides is 2. The minimum atomic E-state index is -1.18. The van der Waals surface area contributed by atoms with E-state index in [1.54, 1.807) is 31.0 Å². The Balaban J connectivity index is 0.00000312. The van der Waals surface area contributed by atoms with Gasteiger partial charge in [0.1, 0.15) is 5.54 Å². The molecule has 0 radical (unpaired) electrons. The van der Waals surface area contributed by atoms with E-state index in [1.807, 2.05) is 48.5 Å². The molecule has 2 rings (SSSR count). The average Bonchev–Trinajstić information content (AvgIpc) is 2.60. The molecule has 0 heterocycles. The quantitative estimate of drug-likeness (QED) is 0.826. The number of nitrogens with zero attached hydrogens (tertiary/aromatic N) is 1. The summed E-state index contributed by atoms with van der Waals surface area (Å²) in [6, 6.07) is 18.8. The van der Waals surface area contributed by atoms with Crippen LogP contribution in [0.3, 0.4) is 0 Å². The zero-order valence-corrected chi connectivity index (χ0v) is 15.3. The SMILES string of the molecule is CN(Cc1ccccc1)C(=O)CNC(=O)C(C)(N)c1ccccc1.Cl. The van der Waals surface area contributed by atoms with E-state index in [0.29, 0.717) is 12.1 Å². The lowest BCUT2D eigenvalue weighted by Crippen LogP contribution is -2.51. The van der Waals surface area contributed by atoms with Crippen molar-refractivity contribution in [2.45, 2.75) is 19.0 Å². The summed E-state index contributed by atoms with van der Waals surface area (Å²) in [5.74, 6) is -0.550. The Morgan fingerprint density at radius 1 is 1.04 bits per heavy atom. The van der Waals surface area contributed by atoms with Gasteiger partial charge in [0.2, 0.25) is 11.8 Å². The van der Waals surface area contributed by atoms with Crippen LogP contribution in [0.4, 0.5) is 0 Å². The second kappa shape index (κ2) is 9.20. The lowest BCUT2D eigenvalue weighted by molar-refractivity contribution is -0.133. The van der Waals surface area contributed by atoms with Crippen molar-refractivity contribution in [3.05, 3.63) is 71.8 Å². The van der Waals surface area contributed by atoms with E-state index >= 15 is 0 Å². The van der Waals surface area contributed by atoms with E-state index < -0.39 is 5.54 Å². The average molecular weight is 362 g/mol. The minimum absolute atomic E-state index is 0. The van der Waals surface area contributed by atoms with Crippen LogP contribution < -0.4 is 11.1 Å². The standard InChI is InChI=1S/C19H23N3O2.ClH/c1-19(20,16-11-7-4-8-12-16)18(24)21-13-17(23)22(2)14-15-9-5-3-6-10-15;/h3-12H,13-14,20H2,1-2H3,(H,21,24);1H. The van der Waals surface area contributed by atoms with Gasteiger partial charge >= 0.3 is 0 Å². The second-order valence-electron chi connectivity index (χ2n) is 5.99. The number of nitrogens with two attached hydrogens (primary N) is 1. The summed E-state index contributed by atoms with van der Waals surface area (Å²) in [4.78, 5) is 26.1. The lowest BCUT2D eigenvalue weighted by atomic mass is 9.92. The molecular formula is C19H24ClN3O2. The number of hydrogen-bond acceptors (Lipinski definition) is 3. The van der Waals surface area contributed by atoms with Crippen LogP contribution in [0.25, 0.3) is 0 Å². The number of rotatable bonds is 6. The molecule has 0 bridgehead atoms. The Kier molecular flexibility index (Phi) is 7.61. The first kappa shape index (κ1) is 20.7. The van der Waals surface area contributed by atoms with Crippen molar-refractivity contribution in [3.63, 3.8) is 0 Å². The molecule has 2 aromatic carbocycles. The van der Waals surface area contributed by atoms with Crippen LogP contribution in [0.1, 0.15) is 18.1 Å². The van der Waals surface area contributed by atoms with Gasteiger partial charge in [-0.1, -0.05) is 60.7 Å². The van der Waals surface area contributed by atoms with Crippen molar-refractivity contribution in [3.8, 4) is 0 Å². The zero-order valence-electron chi connectivity index (χ0n) is 14.4. The van der Waals surface area contributed by atoms with Gasteiger partial charge in [0.25, 0.3) is 0 Å². The summed E-state index contributed by atoms with van der Waals surface area (Å²) in [7, 11) is 1.71. The van der Waals surface area contributed by atoms with Crippen LogP contribution >= 0.6 is 12.4 Å². The highest BCUT2D eigenvalue weighted by Gasteiger charge is 2.30. The first-order chi connectivity index (χ1) is 11.4. The van der Waals surface area contributed by atoms with Crippen LogP contribution in [0.2, 0.25) is 0 Å². The van der Waals surface area contributed by atoms with Gasteiger partial charge < -0.3 is 16.0 Å². The molecule has 1 unspecified atom stereocenters. The normalized spacial score (nSPS) is 12.4. The molecule has 0 aliphatic heterocycles. The smallest absolute Gasteiger partial charge is 0.244 e. The van der Waals surface area contributed by atoms with Gasteiger partial charge in [0.15, 0.2) is 0 Å². The summed E-state index contributed by atoms with van der Waals surface area (Å²) in [5, 5.41) is 2.63. The highest BCUT2D eigenvalue weighted by molar-refractivity contribution is 5.90. The summed E-state index contributed by atoms with van der Waals surface area (Å²) in [6.07, 6.45) is 0. The maximum atomic E-state index is 12.3. The van der Waals surface area contributed by atoms with Crippen molar-refractivity contribution in [1.29, 1.82) is 0 Å². The summed E-state index contributed by atoms with van der Waals surface area (Å²) < 4.78 is 0. The molecule has 1 atom stereocenters. The minimum Gasteiger partial charge on any atom is -0.345 e. The van der Waals surface area contributed by atoms with Crippen LogP contribution in [-0.2, 0) is 21.7 Å². The number of halogens is 1. The summed E-state index contributed by atoms with van der Waals surface area (Å²) >= 11 is 0. The molecule has 3 N–H and O–H groups in total. The largest absolute Gasteiger partial charge is 0.345 e. The summed E-state index contributed by atoms with van der Waals surface area (Å²) in [6.45, 7) is 2.05. The Labute approximate surface area is 154 Å². The number of nitrogens with one attached hydrogen (secondary N) is 1. The fraction of sp³-hybridized carbons (Fsp3) is 0.263. The fourth-order valence-electron chi connectivity index (χ4n) is 2.34. The van der Waals surface area contributed by atoms with Crippen LogP contribution in [0, 0.1) is 0 Å². The van der Waals surface area contributed by atoms with Gasteiger partial charge in [0.05, 0.1) is 6.54 Å². The van der Waals surface area contributed by atoms with E-state index in [9.17, 15) is 9.59 Å². The molecule has 0 spiro atoms. The Morgan fingerprint density at radius 3 is 2.12 bits per heavy atom. The third-order valence-corrected chi connectivity index (χ3v) is 3.93. The number of benzene rings is 2. The molecule has 5 nitrogen and oxygen atoms in total. The molecule has 2 amide bonds. The van der Waals surface area contributed by atoms with E-state index in [1.165, 1.54) is 0 Å². The molecule has 134 valence electrons. The molecule has 0 aliphatic rings. The Morgan fingerprint density at radius 2 is 1.56 bits per heavy atom.